The van der Waals surface area contributed by atoms with Crippen LogP contribution in [0.15, 0.2) is 12.2 Å². The summed E-state index contributed by atoms with van der Waals surface area (Å²) in [4.78, 5) is 10.8. The van der Waals surface area contributed by atoms with Crippen molar-refractivity contribution in [3.8, 4) is 0 Å². The molecular formula is C8H13FO2. The Labute approximate surface area is 66.0 Å². The van der Waals surface area contributed by atoms with Crippen LogP contribution in [0, 0.1) is 0 Å². The molecule has 0 radical (unpaired) electrons. The summed E-state index contributed by atoms with van der Waals surface area (Å²) in [5, 5.41) is 0. The molecule has 0 aliphatic heterocycles. The summed E-state index contributed by atoms with van der Waals surface area (Å²) in [6.07, 6.45) is -0.108. The fraction of sp³-hybridized carbons (Fsp3) is 0.625. The van der Waals surface area contributed by atoms with E-state index in [2.05, 4.69) is 6.58 Å². The molecule has 1 unspecified atom stereocenters. The molecule has 0 aromatic heterocycles. The number of hydrogen-bond donors (Lipinski definition) is 0. The van der Waals surface area contributed by atoms with Gasteiger partial charge in [-0.3, -0.25) is 4.39 Å². The topological polar surface area (TPSA) is 26.3 Å². The molecule has 3 heteroatoms. The summed E-state index contributed by atoms with van der Waals surface area (Å²) in [5.74, 6) is -0.453. The van der Waals surface area contributed by atoms with E-state index in [-0.39, 0.29) is 12.5 Å². The molecule has 2 nitrogen and oxygen atoms in total. The van der Waals surface area contributed by atoms with E-state index in [0.717, 1.165) is 0 Å². The number of halogens is 1. The standard InChI is InChI=1S/C8H13FO2/c1-6(2)8(10)11-7(3)4-5-9/h7H,1,4-5H2,2-3H3. The molecule has 0 aliphatic rings. The smallest absolute Gasteiger partial charge is 0.333 e. The average molecular weight is 160 g/mol. The van der Waals surface area contributed by atoms with Crippen LogP contribution in [0.3, 0.4) is 0 Å². The Kier molecular flexibility index (Phi) is 4.50. The third-order valence-corrected chi connectivity index (χ3v) is 1.17. The van der Waals surface area contributed by atoms with Gasteiger partial charge in [0.05, 0.1) is 6.67 Å². The lowest BCUT2D eigenvalue weighted by molar-refractivity contribution is -0.143. The third kappa shape index (κ3) is 4.53. The second kappa shape index (κ2) is 4.88. The molecular weight excluding hydrogens is 147 g/mol. The van der Waals surface area contributed by atoms with E-state index in [1.807, 2.05) is 0 Å². The van der Waals surface area contributed by atoms with Crippen molar-refractivity contribution in [1.29, 1.82) is 0 Å². The maximum atomic E-state index is 11.7. The van der Waals surface area contributed by atoms with Crippen LogP contribution >= 0.6 is 0 Å². The van der Waals surface area contributed by atoms with Crippen molar-refractivity contribution in [3.63, 3.8) is 0 Å². The highest BCUT2D eigenvalue weighted by Gasteiger charge is 2.08. The molecule has 0 amide bonds. The van der Waals surface area contributed by atoms with E-state index < -0.39 is 12.6 Å². The number of carbonyl (C=O) groups is 1. The van der Waals surface area contributed by atoms with Gasteiger partial charge in [-0.25, -0.2) is 4.79 Å². The lowest BCUT2D eigenvalue weighted by Gasteiger charge is -2.10. The van der Waals surface area contributed by atoms with E-state index in [4.69, 9.17) is 4.74 Å². The first-order valence-electron chi connectivity index (χ1n) is 3.50. The van der Waals surface area contributed by atoms with Crippen molar-refractivity contribution >= 4 is 5.97 Å². The number of carbonyl (C=O) groups excluding carboxylic acids is 1. The monoisotopic (exact) mass is 160 g/mol. The summed E-state index contributed by atoms with van der Waals surface area (Å²) in [5.41, 5.74) is 0.343. The van der Waals surface area contributed by atoms with Gasteiger partial charge < -0.3 is 4.74 Å². The first kappa shape index (κ1) is 10.1. The lowest BCUT2D eigenvalue weighted by Crippen LogP contribution is -2.15. The highest BCUT2D eigenvalue weighted by atomic mass is 19.1. The maximum Gasteiger partial charge on any atom is 0.333 e. The zero-order valence-corrected chi connectivity index (χ0v) is 6.89. The number of hydrogen-bond acceptors (Lipinski definition) is 2. The van der Waals surface area contributed by atoms with Crippen LogP contribution in [0.2, 0.25) is 0 Å². The van der Waals surface area contributed by atoms with Crippen molar-refractivity contribution in [2.45, 2.75) is 26.4 Å². The Hall–Kier alpha value is -0.860. The van der Waals surface area contributed by atoms with Gasteiger partial charge in [0.25, 0.3) is 0 Å². The normalized spacial score (nSPS) is 12.3. The zero-order chi connectivity index (χ0) is 8.85. The predicted molar refractivity (Wildman–Crippen MR) is 41.0 cm³/mol. The van der Waals surface area contributed by atoms with Crippen LogP contribution < -0.4 is 0 Å². The van der Waals surface area contributed by atoms with Crippen molar-refractivity contribution in [2.75, 3.05) is 6.67 Å². The highest BCUT2D eigenvalue weighted by molar-refractivity contribution is 5.87. The Morgan fingerprint density at radius 1 is 1.73 bits per heavy atom. The van der Waals surface area contributed by atoms with Gasteiger partial charge in [0.2, 0.25) is 0 Å². The molecule has 0 aromatic carbocycles. The highest BCUT2D eigenvalue weighted by Crippen LogP contribution is 2.01. The van der Waals surface area contributed by atoms with Crippen molar-refractivity contribution in [3.05, 3.63) is 12.2 Å². The van der Waals surface area contributed by atoms with Crippen LogP contribution in [0.5, 0.6) is 0 Å². The zero-order valence-electron chi connectivity index (χ0n) is 6.89. The van der Waals surface area contributed by atoms with Gasteiger partial charge in [0.15, 0.2) is 0 Å². The van der Waals surface area contributed by atoms with E-state index in [0.29, 0.717) is 5.57 Å². The van der Waals surface area contributed by atoms with Crippen molar-refractivity contribution < 1.29 is 13.9 Å². The first-order valence-corrected chi connectivity index (χ1v) is 3.50. The van der Waals surface area contributed by atoms with Gasteiger partial charge >= 0.3 is 5.97 Å². The SMILES string of the molecule is C=C(C)C(=O)OC(C)CCF. The minimum Gasteiger partial charge on any atom is -0.459 e. The first-order chi connectivity index (χ1) is 5.07. The van der Waals surface area contributed by atoms with E-state index in [1.54, 1.807) is 13.8 Å². The van der Waals surface area contributed by atoms with Crippen LogP contribution in [0.25, 0.3) is 0 Å². The van der Waals surface area contributed by atoms with Gasteiger partial charge in [-0.05, 0) is 13.8 Å². The Bertz CT molecular complexity index is 154. The molecule has 0 saturated heterocycles. The van der Waals surface area contributed by atoms with E-state index in [9.17, 15) is 9.18 Å². The summed E-state index contributed by atoms with van der Waals surface area (Å²) < 4.78 is 16.5. The van der Waals surface area contributed by atoms with Gasteiger partial charge in [-0.2, -0.15) is 0 Å². The molecule has 64 valence electrons. The molecule has 0 heterocycles. The fourth-order valence-electron chi connectivity index (χ4n) is 0.496. The number of alkyl halides is 1. The molecule has 0 rings (SSSR count). The number of esters is 1. The van der Waals surface area contributed by atoms with Crippen LogP contribution in [-0.2, 0) is 9.53 Å². The Morgan fingerprint density at radius 2 is 2.27 bits per heavy atom. The second-order valence-electron chi connectivity index (χ2n) is 2.47. The van der Waals surface area contributed by atoms with E-state index in [1.165, 1.54) is 0 Å². The van der Waals surface area contributed by atoms with Gasteiger partial charge in [0, 0.05) is 12.0 Å². The Balaban J connectivity index is 3.66. The van der Waals surface area contributed by atoms with Crippen LogP contribution in [-0.4, -0.2) is 18.7 Å². The van der Waals surface area contributed by atoms with Crippen molar-refractivity contribution in [2.24, 2.45) is 0 Å². The molecule has 1 atom stereocenters. The fourth-order valence-corrected chi connectivity index (χ4v) is 0.496. The molecule has 0 aromatic rings. The van der Waals surface area contributed by atoms with Gasteiger partial charge in [-0.15, -0.1) is 0 Å². The van der Waals surface area contributed by atoms with Crippen molar-refractivity contribution in [1.82, 2.24) is 0 Å². The largest absolute Gasteiger partial charge is 0.459 e. The molecule has 0 fully saturated rings. The summed E-state index contributed by atoms with van der Waals surface area (Å²) in [7, 11) is 0. The molecule has 0 aliphatic carbocycles. The summed E-state index contributed by atoms with van der Waals surface area (Å²) >= 11 is 0. The molecule has 0 bridgehead atoms. The lowest BCUT2D eigenvalue weighted by atomic mass is 10.3. The average Bonchev–Trinajstić information content (AvgIpc) is 1.87. The Morgan fingerprint density at radius 3 is 2.64 bits per heavy atom. The second-order valence-corrected chi connectivity index (χ2v) is 2.47. The molecule has 0 spiro atoms. The summed E-state index contributed by atoms with van der Waals surface area (Å²) in [6, 6.07) is 0. The number of ether oxygens (including phenoxy) is 1. The molecule has 11 heavy (non-hydrogen) atoms. The molecule has 0 N–H and O–H groups in total. The molecule has 0 saturated carbocycles. The van der Waals surface area contributed by atoms with Gasteiger partial charge in [-0.1, -0.05) is 6.58 Å². The number of rotatable bonds is 4. The quantitative estimate of drug-likeness (QED) is 0.463. The minimum absolute atomic E-state index is 0.249. The summed E-state index contributed by atoms with van der Waals surface area (Å²) in [6.45, 7) is 6.15. The maximum absolute atomic E-state index is 11.7. The third-order valence-electron chi connectivity index (χ3n) is 1.17. The van der Waals surface area contributed by atoms with Crippen LogP contribution in [0.1, 0.15) is 20.3 Å². The van der Waals surface area contributed by atoms with Gasteiger partial charge in [0.1, 0.15) is 6.10 Å². The van der Waals surface area contributed by atoms with E-state index >= 15 is 0 Å². The predicted octanol–water partition coefficient (Wildman–Crippen LogP) is 1.85. The minimum atomic E-state index is -0.468. The van der Waals surface area contributed by atoms with Crippen LogP contribution in [0.4, 0.5) is 4.39 Å².